The molecule has 2 heterocycles. The molecule has 0 radical (unpaired) electrons. The molecule has 1 aromatic carbocycles. The fraction of sp³-hybridized carbons (Fsp3) is 0.188. The Morgan fingerprint density at radius 1 is 1.35 bits per heavy atom. The van der Waals surface area contributed by atoms with Crippen LogP contribution in [-0.4, -0.2) is 27.5 Å². The largest absolute Gasteiger partial charge is 0.383 e. The lowest BCUT2D eigenvalue weighted by atomic mass is 10.1. The van der Waals surface area contributed by atoms with Crippen LogP contribution in [0.2, 0.25) is 0 Å². The zero-order chi connectivity index (χ0) is 16.4. The summed E-state index contributed by atoms with van der Waals surface area (Å²) in [6, 6.07) is 10.4. The maximum Gasteiger partial charge on any atom is 0.287 e. The van der Waals surface area contributed by atoms with Gasteiger partial charge < -0.3 is 15.4 Å². The molecule has 0 aliphatic rings. The molecule has 0 fully saturated rings. The minimum atomic E-state index is -1.18. The van der Waals surface area contributed by atoms with Crippen molar-refractivity contribution in [3.63, 3.8) is 0 Å². The predicted molar refractivity (Wildman–Crippen MR) is 88.6 cm³/mol. The lowest BCUT2D eigenvalue weighted by Crippen LogP contribution is -2.39. The summed E-state index contributed by atoms with van der Waals surface area (Å²) in [5.74, 6) is -0.611. The van der Waals surface area contributed by atoms with Crippen LogP contribution in [-0.2, 0) is 5.60 Å². The highest BCUT2D eigenvalue weighted by Crippen LogP contribution is 2.24. The molecule has 2 aromatic heterocycles. The summed E-state index contributed by atoms with van der Waals surface area (Å²) in [7, 11) is 0. The average molecular weight is 329 g/mol. The first-order valence-corrected chi connectivity index (χ1v) is 7.89. The van der Waals surface area contributed by atoms with Crippen molar-refractivity contribution in [3.8, 4) is 0 Å². The standard InChI is InChI=1S/C16H15N3O3S/c1-16(22,12-7-4-8-23-12)9-17-15(21)13-18-11-6-3-2-5-10(11)14(20)19-13/h2-8,22H,9H2,1H3,(H,17,21)(H,18,19,20). The zero-order valence-corrected chi connectivity index (χ0v) is 13.2. The molecular formula is C16H15N3O3S. The normalized spacial score (nSPS) is 13.7. The summed E-state index contributed by atoms with van der Waals surface area (Å²) < 4.78 is 0. The Kier molecular flexibility index (Phi) is 3.97. The Morgan fingerprint density at radius 3 is 2.87 bits per heavy atom. The van der Waals surface area contributed by atoms with E-state index in [1.165, 1.54) is 11.3 Å². The Labute approximate surface area is 135 Å². The molecule has 1 atom stereocenters. The maximum absolute atomic E-state index is 12.2. The minimum absolute atomic E-state index is 0.0167. The van der Waals surface area contributed by atoms with Crippen molar-refractivity contribution in [2.24, 2.45) is 0 Å². The van der Waals surface area contributed by atoms with Gasteiger partial charge in [-0.2, -0.15) is 0 Å². The first-order valence-electron chi connectivity index (χ1n) is 7.01. The van der Waals surface area contributed by atoms with Gasteiger partial charge in [0.1, 0.15) is 5.60 Å². The van der Waals surface area contributed by atoms with E-state index < -0.39 is 11.5 Å². The molecule has 118 valence electrons. The molecule has 0 saturated heterocycles. The Balaban J connectivity index is 1.80. The molecule has 3 aromatic rings. The van der Waals surface area contributed by atoms with Crippen molar-refractivity contribution in [1.29, 1.82) is 0 Å². The van der Waals surface area contributed by atoms with Crippen LogP contribution in [0, 0.1) is 0 Å². The van der Waals surface area contributed by atoms with Crippen molar-refractivity contribution in [2.45, 2.75) is 12.5 Å². The molecular weight excluding hydrogens is 314 g/mol. The van der Waals surface area contributed by atoms with E-state index in [0.29, 0.717) is 10.9 Å². The number of hydrogen-bond donors (Lipinski definition) is 3. The van der Waals surface area contributed by atoms with Crippen LogP contribution < -0.4 is 10.9 Å². The number of para-hydroxylation sites is 1. The number of amides is 1. The molecule has 3 rings (SSSR count). The summed E-state index contributed by atoms with van der Waals surface area (Å²) in [6.07, 6.45) is 0. The number of hydrogen-bond acceptors (Lipinski definition) is 5. The summed E-state index contributed by atoms with van der Waals surface area (Å²) in [6.45, 7) is 1.64. The second kappa shape index (κ2) is 5.94. The van der Waals surface area contributed by atoms with E-state index in [0.717, 1.165) is 4.88 Å². The van der Waals surface area contributed by atoms with Gasteiger partial charge in [-0.25, -0.2) is 4.98 Å². The van der Waals surface area contributed by atoms with Gasteiger partial charge in [-0.1, -0.05) is 18.2 Å². The number of H-pyrrole nitrogens is 1. The molecule has 6 nitrogen and oxygen atoms in total. The molecule has 0 spiro atoms. The molecule has 3 N–H and O–H groups in total. The highest BCUT2D eigenvalue weighted by molar-refractivity contribution is 7.10. The van der Waals surface area contributed by atoms with Crippen molar-refractivity contribution in [1.82, 2.24) is 15.3 Å². The highest BCUT2D eigenvalue weighted by Gasteiger charge is 2.25. The van der Waals surface area contributed by atoms with E-state index in [1.807, 2.05) is 11.4 Å². The van der Waals surface area contributed by atoms with E-state index in [9.17, 15) is 14.7 Å². The smallest absolute Gasteiger partial charge is 0.287 e. The van der Waals surface area contributed by atoms with Crippen LogP contribution in [0.5, 0.6) is 0 Å². The fourth-order valence-corrected chi connectivity index (χ4v) is 2.99. The fourth-order valence-electron chi connectivity index (χ4n) is 2.20. The maximum atomic E-state index is 12.2. The molecule has 1 amide bonds. The minimum Gasteiger partial charge on any atom is -0.383 e. The monoisotopic (exact) mass is 329 g/mol. The number of carbonyl (C=O) groups is 1. The lowest BCUT2D eigenvalue weighted by molar-refractivity contribution is 0.0553. The van der Waals surface area contributed by atoms with E-state index in [4.69, 9.17) is 0 Å². The predicted octanol–water partition coefficient (Wildman–Crippen LogP) is 1.62. The summed E-state index contributed by atoms with van der Waals surface area (Å²) in [5.41, 5.74) is -1.10. The number of aromatic nitrogens is 2. The number of nitrogens with one attached hydrogen (secondary N) is 2. The number of fused-ring (bicyclic) bond motifs is 1. The number of nitrogens with zero attached hydrogens (tertiary/aromatic N) is 1. The first kappa shape index (κ1) is 15.4. The van der Waals surface area contributed by atoms with Crippen LogP contribution in [0.1, 0.15) is 22.4 Å². The van der Waals surface area contributed by atoms with E-state index in [2.05, 4.69) is 15.3 Å². The molecule has 23 heavy (non-hydrogen) atoms. The SMILES string of the molecule is CC(O)(CNC(=O)c1nc2ccccc2c(=O)[nH]1)c1cccs1. The van der Waals surface area contributed by atoms with E-state index >= 15 is 0 Å². The van der Waals surface area contributed by atoms with Crippen LogP contribution in [0.15, 0.2) is 46.6 Å². The third-order valence-corrected chi connectivity index (χ3v) is 4.60. The molecule has 1 unspecified atom stereocenters. The number of aliphatic hydroxyl groups is 1. The third kappa shape index (κ3) is 3.15. The van der Waals surface area contributed by atoms with Crippen LogP contribution in [0.25, 0.3) is 10.9 Å². The number of thiophene rings is 1. The van der Waals surface area contributed by atoms with Gasteiger partial charge in [0.25, 0.3) is 11.5 Å². The number of carbonyl (C=O) groups excluding carboxylic acids is 1. The van der Waals surface area contributed by atoms with E-state index in [-0.39, 0.29) is 17.9 Å². The van der Waals surface area contributed by atoms with Gasteiger partial charge in [0.15, 0.2) is 5.82 Å². The molecule has 0 aliphatic heterocycles. The van der Waals surface area contributed by atoms with Crippen molar-refractivity contribution < 1.29 is 9.90 Å². The first-order chi connectivity index (χ1) is 11.0. The Bertz CT molecular complexity index is 900. The Morgan fingerprint density at radius 2 is 2.13 bits per heavy atom. The summed E-state index contributed by atoms with van der Waals surface area (Å²) in [5, 5.41) is 15.3. The highest BCUT2D eigenvalue weighted by atomic mass is 32.1. The summed E-state index contributed by atoms with van der Waals surface area (Å²) in [4.78, 5) is 31.5. The molecule has 0 bridgehead atoms. The summed E-state index contributed by atoms with van der Waals surface area (Å²) >= 11 is 1.41. The van der Waals surface area contributed by atoms with E-state index in [1.54, 1.807) is 37.3 Å². The average Bonchev–Trinajstić information content (AvgIpc) is 3.08. The lowest BCUT2D eigenvalue weighted by Gasteiger charge is -2.22. The Hall–Kier alpha value is -2.51. The van der Waals surface area contributed by atoms with Crippen LogP contribution in [0.4, 0.5) is 0 Å². The van der Waals surface area contributed by atoms with Gasteiger partial charge in [0, 0.05) is 4.88 Å². The van der Waals surface area contributed by atoms with Crippen molar-refractivity contribution in [3.05, 3.63) is 62.8 Å². The zero-order valence-electron chi connectivity index (χ0n) is 12.4. The van der Waals surface area contributed by atoms with Gasteiger partial charge >= 0.3 is 0 Å². The van der Waals surface area contributed by atoms with Gasteiger partial charge in [0.2, 0.25) is 0 Å². The van der Waals surface area contributed by atoms with Gasteiger partial charge in [-0.15, -0.1) is 11.3 Å². The van der Waals surface area contributed by atoms with Crippen LogP contribution >= 0.6 is 11.3 Å². The second-order valence-electron chi connectivity index (χ2n) is 5.37. The quantitative estimate of drug-likeness (QED) is 0.678. The molecule has 0 aliphatic carbocycles. The van der Waals surface area contributed by atoms with Gasteiger partial charge in [-0.3, -0.25) is 9.59 Å². The third-order valence-electron chi connectivity index (χ3n) is 3.47. The van der Waals surface area contributed by atoms with Crippen molar-refractivity contribution >= 4 is 28.1 Å². The number of rotatable bonds is 4. The number of aromatic amines is 1. The second-order valence-corrected chi connectivity index (χ2v) is 6.31. The topological polar surface area (TPSA) is 95.1 Å². The van der Waals surface area contributed by atoms with Crippen LogP contribution in [0.3, 0.4) is 0 Å². The molecule has 0 saturated carbocycles. The van der Waals surface area contributed by atoms with Crippen molar-refractivity contribution in [2.75, 3.05) is 6.54 Å². The van der Waals surface area contributed by atoms with Gasteiger partial charge in [0.05, 0.1) is 17.4 Å². The number of benzene rings is 1. The van der Waals surface area contributed by atoms with Gasteiger partial charge in [-0.05, 0) is 30.5 Å². The molecule has 7 heteroatoms.